The van der Waals surface area contributed by atoms with Crippen molar-refractivity contribution < 1.29 is 8.78 Å². The van der Waals surface area contributed by atoms with Crippen LogP contribution in [-0.2, 0) is 5.41 Å². The number of fused-ring (bicyclic) bond motifs is 1. The first-order valence-corrected chi connectivity index (χ1v) is 6.72. The van der Waals surface area contributed by atoms with Gasteiger partial charge in [-0.3, -0.25) is 4.79 Å². The van der Waals surface area contributed by atoms with E-state index in [1.165, 1.54) is 6.07 Å². The number of nitrogens with zero attached hydrogens (tertiary/aromatic N) is 3. The summed E-state index contributed by atoms with van der Waals surface area (Å²) in [6.45, 7) is 5.68. The van der Waals surface area contributed by atoms with Gasteiger partial charge in [-0.05, 0) is 23.6 Å². The standard InChI is InChI=1S/C15H14F2N4O/c1-15(2,3)8-7-11-13(18-14(8)22)21(20-19-11)12-9(16)5-4-6-10(12)17/h4-7H,1-3H3,(H,18,22). The molecule has 3 aromatic rings. The van der Waals surface area contributed by atoms with E-state index >= 15 is 0 Å². The lowest BCUT2D eigenvalue weighted by Crippen LogP contribution is -2.24. The summed E-state index contributed by atoms with van der Waals surface area (Å²) in [5.41, 5.74) is -0.0332. The van der Waals surface area contributed by atoms with Crippen molar-refractivity contribution in [2.24, 2.45) is 0 Å². The van der Waals surface area contributed by atoms with Gasteiger partial charge in [-0.2, -0.15) is 4.68 Å². The monoisotopic (exact) mass is 304 g/mol. The van der Waals surface area contributed by atoms with Gasteiger partial charge in [0.25, 0.3) is 5.56 Å². The summed E-state index contributed by atoms with van der Waals surface area (Å²) in [5, 5.41) is 7.67. The molecule has 0 fully saturated rings. The average Bonchev–Trinajstić information content (AvgIpc) is 2.79. The number of hydrogen-bond donors (Lipinski definition) is 1. The van der Waals surface area contributed by atoms with E-state index in [2.05, 4.69) is 15.3 Å². The molecule has 0 radical (unpaired) electrons. The zero-order valence-electron chi connectivity index (χ0n) is 12.3. The molecule has 0 aliphatic rings. The van der Waals surface area contributed by atoms with E-state index in [-0.39, 0.29) is 22.3 Å². The third-order valence-electron chi connectivity index (χ3n) is 3.41. The van der Waals surface area contributed by atoms with Gasteiger partial charge in [-0.25, -0.2) is 8.78 Å². The van der Waals surface area contributed by atoms with Gasteiger partial charge in [-0.15, -0.1) is 5.10 Å². The Labute approximate surface area is 124 Å². The Morgan fingerprint density at radius 2 is 1.82 bits per heavy atom. The topological polar surface area (TPSA) is 63.6 Å². The highest BCUT2D eigenvalue weighted by Crippen LogP contribution is 2.23. The molecule has 0 aliphatic heterocycles. The summed E-state index contributed by atoms with van der Waals surface area (Å²) in [7, 11) is 0. The number of nitrogens with one attached hydrogen (secondary N) is 1. The summed E-state index contributed by atoms with van der Waals surface area (Å²) in [6, 6.07) is 5.09. The molecular weight excluding hydrogens is 290 g/mol. The maximum atomic E-state index is 13.9. The molecule has 0 bridgehead atoms. The van der Waals surface area contributed by atoms with E-state index < -0.39 is 11.6 Å². The van der Waals surface area contributed by atoms with Crippen molar-refractivity contribution in [2.75, 3.05) is 0 Å². The molecule has 7 heteroatoms. The second-order valence-electron chi connectivity index (χ2n) is 6.07. The van der Waals surface area contributed by atoms with E-state index in [0.717, 1.165) is 16.8 Å². The van der Waals surface area contributed by atoms with Crippen LogP contribution in [0.4, 0.5) is 8.78 Å². The molecule has 1 aromatic carbocycles. The molecule has 0 atom stereocenters. The van der Waals surface area contributed by atoms with E-state index in [0.29, 0.717) is 11.1 Å². The van der Waals surface area contributed by atoms with Crippen molar-refractivity contribution in [3.8, 4) is 5.69 Å². The van der Waals surface area contributed by atoms with Gasteiger partial charge in [0, 0.05) is 5.56 Å². The fraction of sp³-hybridized carbons (Fsp3) is 0.267. The van der Waals surface area contributed by atoms with Gasteiger partial charge in [0.2, 0.25) is 0 Å². The summed E-state index contributed by atoms with van der Waals surface area (Å²) in [6.07, 6.45) is 0. The van der Waals surface area contributed by atoms with Crippen LogP contribution in [0, 0.1) is 11.6 Å². The fourth-order valence-corrected chi connectivity index (χ4v) is 2.29. The predicted octanol–water partition coefficient (Wildman–Crippen LogP) is 2.68. The Morgan fingerprint density at radius 3 is 2.41 bits per heavy atom. The molecule has 0 saturated heterocycles. The maximum absolute atomic E-state index is 13.9. The van der Waals surface area contributed by atoms with Crippen LogP contribution in [0.1, 0.15) is 26.3 Å². The highest BCUT2D eigenvalue weighted by atomic mass is 19.1. The number of aromatic nitrogens is 4. The quantitative estimate of drug-likeness (QED) is 0.752. The number of rotatable bonds is 1. The van der Waals surface area contributed by atoms with Gasteiger partial charge in [0.15, 0.2) is 17.3 Å². The number of benzene rings is 1. The number of hydrogen-bond acceptors (Lipinski definition) is 3. The minimum absolute atomic E-state index is 0.155. The first-order valence-electron chi connectivity index (χ1n) is 6.72. The Balaban J connectivity index is 2.31. The van der Waals surface area contributed by atoms with Crippen LogP contribution in [0.25, 0.3) is 16.9 Å². The molecule has 0 aliphatic carbocycles. The predicted molar refractivity (Wildman–Crippen MR) is 78.1 cm³/mol. The lowest BCUT2D eigenvalue weighted by Gasteiger charge is -2.17. The normalized spacial score (nSPS) is 12.0. The largest absolute Gasteiger partial charge is 0.305 e. The number of aromatic amines is 1. The van der Waals surface area contributed by atoms with Crippen LogP contribution in [-0.4, -0.2) is 20.0 Å². The lowest BCUT2D eigenvalue weighted by atomic mass is 9.88. The highest BCUT2D eigenvalue weighted by molar-refractivity contribution is 5.72. The van der Waals surface area contributed by atoms with Crippen LogP contribution >= 0.6 is 0 Å². The van der Waals surface area contributed by atoms with Crippen LogP contribution in [0.3, 0.4) is 0 Å². The third kappa shape index (κ3) is 2.18. The van der Waals surface area contributed by atoms with Crippen LogP contribution < -0.4 is 5.56 Å². The molecule has 22 heavy (non-hydrogen) atoms. The third-order valence-corrected chi connectivity index (χ3v) is 3.41. The molecule has 2 heterocycles. The van der Waals surface area contributed by atoms with E-state index in [1.807, 2.05) is 20.8 Å². The zero-order chi connectivity index (χ0) is 16.1. The first-order chi connectivity index (χ1) is 10.3. The number of H-pyrrole nitrogens is 1. The lowest BCUT2D eigenvalue weighted by molar-refractivity contribution is 0.558. The van der Waals surface area contributed by atoms with Crippen molar-refractivity contribution in [3.63, 3.8) is 0 Å². The second kappa shape index (κ2) is 4.72. The summed E-state index contributed by atoms with van der Waals surface area (Å²) < 4.78 is 28.7. The second-order valence-corrected chi connectivity index (χ2v) is 6.07. The minimum atomic E-state index is -0.785. The highest BCUT2D eigenvalue weighted by Gasteiger charge is 2.22. The van der Waals surface area contributed by atoms with Crippen LogP contribution in [0.15, 0.2) is 29.1 Å². The molecule has 0 saturated carbocycles. The molecule has 114 valence electrons. The first kappa shape index (κ1) is 14.4. The van der Waals surface area contributed by atoms with Crippen molar-refractivity contribution in [2.45, 2.75) is 26.2 Å². The summed E-state index contributed by atoms with van der Waals surface area (Å²) in [4.78, 5) is 14.8. The van der Waals surface area contributed by atoms with Gasteiger partial charge in [-0.1, -0.05) is 32.1 Å². The van der Waals surface area contributed by atoms with Crippen LogP contribution in [0.2, 0.25) is 0 Å². The van der Waals surface area contributed by atoms with Gasteiger partial charge in [0.05, 0.1) is 0 Å². The van der Waals surface area contributed by atoms with Crippen molar-refractivity contribution >= 4 is 11.2 Å². The minimum Gasteiger partial charge on any atom is -0.305 e. The molecular formula is C15H14F2N4O. The number of pyridine rings is 1. The van der Waals surface area contributed by atoms with Crippen molar-refractivity contribution in [3.05, 3.63) is 51.8 Å². The smallest absolute Gasteiger partial charge is 0.253 e. The Hall–Kier alpha value is -2.57. The van der Waals surface area contributed by atoms with Crippen LogP contribution in [0.5, 0.6) is 0 Å². The van der Waals surface area contributed by atoms with E-state index in [1.54, 1.807) is 6.07 Å². The Bertz CT molecular complexity index is 901. The molecule has 0 amide bonds. The number of para-hydroxylation sites is 1. The van der Waals surface area contributed by atoms with Gasteiger partial charge >= 0.3 is 0 Å². The summed E-state index contributed by atoms with van der Waals surface area (Å²) in [5.74, 6) is -1.57. The molecule has 1 N–H and O–H groups in total. The molecule has 0 unspecified atom stereocenters. The molecule has 0 spiro atoms. The molecule has 5 nitrogen and oxygen atoms in total. The van der Waals surface area contributed by atoms with E-state index in [4.69, 9.17) is 0 Å². The Morgan fingerprint density at radius 1 is 1.18 bits per heavy atom. The van der Waals surface area contributed by atoms with Crippen molar-refractivity contribution in [1.82, 2.24) is 20.0 Å². The Kier molecular flexibility index (Phi) is 3.09. The fourth-order valence-electron chi connectivity index (χ4n) is 2.29. The SMILES string of the molecule is CC(C)(C)c1cc2nnn(-c3c(F)cccc3F)c2[nH]c1=O. The number of halogens is 2. The van der Waals surface area contributed by atoms with Gasteiger partial charge in [0.1, 0.15) is 11.2 Å². The maximum Gasteiger partial charge on any atom is 0.253 e. The molecule has 3 rings (SSSR count). The zero-order valence-corrected chi connectivity index (χ0v) is 12.3. The summed E-state index contributed by atoms with van der Waals surface area (Å²) >= 11 is 0. The van der Waals surface area contributed by atoms with Crippen molar-refractivity contribution in [1.29, 1.82) is 0 Å². The molecule has 2 aromatic heterocycles. The van der Waals surface area contributed by atoms with E-state index in [9.17, 15) is 13.6 Å². The van der Waals surface area contributed by atoms with Gasteiger partial charge < -0.3 is 4.98 Å². The average molecular weight is 304 g/mol.